The predicted molar refractivity (Wildman–Crippen MR) is 75.6 cm³/mol. The van der Waals surface area contributed by atoms with E-state index < -0.39 is 5.97 Å². The van der Waals surface area contributed by atoms with Gasteiger partial charge in [0.2, 0.25) is 0 Å². The molecule has 0 aromatic rings. The molecule has 6 heteroatoms. The van der Waals surface area contributed by atoms with Gasteiger partial charge in [-0.1, -0.05) is 6.42 Å². The van der Waals surface area contributed by atoms with Crippen LogP contribution < -0.4 is 5.32 Å². The fraction of sp³-hybridized carbons (Fsp3) is 0.857. The van der Waals surface area contributed by atoms with Crippen LogP contribution in [0.25, 0.3) is 0 Å². The first-order valence-corrected chi connectivity index (χ1v) is 7.52. The lowest BCUT2D eigenvalue weighted by atomic mass is 10.1. The van der Waals surface area contributed by atoms with Crippen LogP contribution in [-0.4, -0.2) is 52.9 Å². The van der Waals surface area contributed by atoms with Crippen LogP contribution in [0.3, 0.4) is 0 Å². The van der Waals surface area contributed by atoms with Gasteiger partial charge in [-0.3, -0.25) is 4.79 Å². The van der Waals surface area contributed by atoms with Gasteiger partial charge in [-0.2, -0.15) is 0 Å². The Morgan fingerprint density at radius 1 is 1.20 bits per heavy atom. The Morgan fingerprint density at radius 3 is 2.70 bits per heavy atom. The van der Waals surface area contributed by atoms with Gasteiger partial charge in [0.25, 0.3) is 0 Å². The molecule has 1 heterocycles. The number of unbranched alkanes of at least 4 members (excludes halogenated alkanes) is 2. The summed E-state index contributed by atoms with van der Waals surface area (Å²) in [5.74, 6) is -0.766. The largest absolute Gasteiger partial charge is 0.481 e. The Balaban J connectivity index is 2.13. The van der Waals surface area contributed by atoms with Crippen LogP contribution in [0.5, 0.6) is 0 Å². The van der Waals surface area contributed by atoms with Crippen molar-refractivity contribution in [3.8, 4) is 0 Å². The van der Waals surface area contributed by atoms with Gasteiger partial charge < -0.3 is 20.4 Å². The summed E-state index contributed by atoms with van der Waals surface area (Å²) in [5, 5.41) is 20.3. The lowest BCUT2D eigenvalue weighted by Crippen LogP contribution is -2.43. The number of aliphatic carboxylic acids is 1. The maximum absolute atomic E-state index is 12.0. The molecule has 1 atom stereocenters. The van der Waals surface area contributed by atoms with E-state index >= 15 is 0 Å². The minimum atomic E-state index is -0.766. The highest BCUT2D eigenvalue weighted by atomic mass is 16.4. The minimum absolute atomic E-state index is 0.0244. The predicted octanol–water partition coefficient (Wildman–Crippen LogP) is 1.58. The number of carbonyl (C=O) groups excluding carboxylic acids is 1. The third kappa shape index (κ3) is 6.23. The number of nitrogens with zero attached hydrogens (tertiary/aromatic N) is 1. The molecule has 0 saturated carbocycles. The van der Waals surface area contributed by atoms with Gasteiger partial charge in [0.15, 0.2) is 0 Å². The fourth-order valence-corrected chi connectivity index (χ4v) is 2.60. The quantitative estimate of drug-likeness (QED) is 0.561. The average Bonchev–Trinajstić information content (AvgIpc) is 2.88. The second kappa shape index (κ2) is 9.58. The standard InChI is InChI=1S/C14H26N2O4/c17-11-5-7-12-6-4-10-16(12)14(20)15-9-3-1-2-8-13(18)19/h12,17H,1-11H2,(H,15,20)(H,18,19). The van der Waals surface area contributed by atoms with Crippen molar-refractivity contribution in [2.75, 3.05) is 19.7 Å². The molecule has 1 aliphatic heterocycles. The molecule has 1 fully saturated rings. The van der Waals surface area contributed by atoms with Gasteiger partial charge in [0.1, 0.15) is 0 Å². The Morgan fingerprint density at radius 2 is 2.00 bits per heavy atom. The second-order valence-corrected chi connectivity index (χ2v) is 5.29. The van der Waals surface area contributed by atoms with E-state index in [4.69, 9.17) is 10.2 Å². The van der Waals surface area contributed by atoms with E-state index in [1.807, 2.05) is 4.90 Å². The van der Waals surface area contributed by atoms with E-state index in [0.29, 0.717) is 13.0 Å². The number of carboxylic acids is 1. The SMILES string of the molecule is O=C(O)CCCCCNC(=O)N1CCCC1CCCO. The Labute approximate surface area is 120 Å². The lowest BCUT2D eigenvalue weighted by molar-refractivity contribution is -0.137. The van der Waals surface area contributed by atoms with E-state index in [1.165, 1.54) is 0 Å². The van der Waals surface area contributed by atoms with Crippen molar-refractivity contribution in [1.82, 2.24) is 10.2 Å². The number of hydrogen-bond donors (Lipinski definition) is 3. The van der Waals surface area contributed by atoms with Crippen LogP contribution in [0.4, 0.5) is 4.79 Å². The molecule has 0 aliphatic carbocycles. The zero-order valence-corrected chi connectivity index (χ0v) is 12.0. The van der Waals surface area contributed by atoms with Crippen LogP contribution >= 0.6 is 0 Å². The first kappa shape index (κ1) is 16.8. The molecule has 1 unspecified atom stereocenters. The molecule has 6 nitrogen and oxygen atoms in total. The number of aliphatic hydroxyl groups excluding tert-OH is 1. The summed E-state index contributed by atoms with van der Waals surface area (Å²) < 4.78 is 0. The second-order valence-electron chi connectivity index (χ2n) is 5.29. The van der Waals surface area contributed by atoms with Crippen LogP contribution in [0.15, 0.2) is 0 Å². The maximum Gasteiger partial charge on any atom is 0.317 e. The summed E-state index contributed by atoms with van der Waals surface area (Å²) >= 11 is 0. The fourth-order valence-electron chi connectivity index (χ4n) is 2.60. The molecule has 0 aromatic carbocycles. The number of aliphatic hydroxyl groups is 1. The number of amides is 2. The smallest absolute Gasteiger partial charge is 0.317 e. The van der Waals surface area contributed by atoms with Crippen LogP contribution in [0.2, 0.25) is 0 Å². The van der Waals surface area contributed by atoms with Crippen molar-refractivity contribution in [2.45, 2.75) is 57.4 Å². The number of carboxylic acid groups (broad SMARTS) is 1. The summed E-state index contributed by atoms with van der Waals surface area (Å²) in [6.07, 6.45) is 6.15. The van der Waals surface area contributed by atoms with Gasteiger partial charge >= 0.3 is 12.0 Å². The van der Waals surface area contributed by atoms with Crippen LogP contribution in [0, 0.1) is 0 Å². The Bertz CT molecular complexity index is 310. The normalized spacial score (nSPS) is 18.2. The van der Waals surface area contributed by atoms with Crippen molar-refractivity contribution in [3.05, 3.63) is 0 Å². The maximum atomic E-state index is 12.0. The Kier molecular flexibility index (Phi) is 8.02. The summed E-state index contributed by atoms with van der Waals surface area (Å²) in [4.78, 5) is 24.2. The summed E-state index contributed by atoms with van der Waals surface area (Å²) in [6.45, 7) is 1.57. The van der Waals surface area contributed by atoms with Crippen molar-refractivity contribution in [2.24, 2.45) is 0 Å². The molecule has 0 aromatic heterocycles. The zero-order valence-electron chi connectivity index (χ0n) is 12.0. The van der Waals surface area contributed by atoms with E-state index in [1.54, 1.807) is 0 Å². The molecular weight excluding hydrogens is 260 g/mol. The Hall–Kier alpha value is -1.30. The van der Waals surface area contributed by atoms with E-state index in [0.717, 1.165) is 45.1 Å². The number of urea groups is 1. The molecule has 1 aliphatic rings. The highest BCUT2D eigenvalue weighted by Gasteiger charge is 2.27. The molecule has 2 amide bonds. The van der Waals surface area contributed by atoms with Crippen molar-refractivity contribution < 1.29 is 19.8 Å². The summed E-state index contributed by atoms with van der Waals surface area (Å²) in [5.41, 5.74) is 0. The zero-order chi connectivity index (χ0) is 14.8. The molecule has 0 radical (unpaired) electrons. The first-order chi connectivity index (χ1) is 9.65. The third-order valence-corrected chi connectivity index (χ3v) is 3.68. The summed E-state index contributed by atoms with van der Waals surface area (Å²) in [7, 11) is 0. The molecule has 3 N–H and O–H groups in total. The number of carbonyl (C=O) groups is 2. The van der Waals surface area contributed by atoms with E-state index in [2.05, 4.69) is 5.32 Å². The van der Waals surface area contributed by atoms with Crippen molar-refractivity contribution in [1.29, 1.82) is 0 Å². The number of hydrogen-bond acceptors (Lipinski definition) is 3. The molecule has 116 valence electrons. The monoisotopic (exact) mass is 286 g/mol. The minimum Gasteiger partial charge on any atom is -0.481 e. The molecular formula is C14H26N2O4. The highest BCUT2D eigenvalue weighted by molar-refractivity contribution is 5.74. The lowest BCUT2D eigenvalue weighted by Gasteiger charge is -2.24. The average molecular weight is 286 g/mol. The third-order valence-electron chi connectivity index (χ3n) is 3.68. The summed E-state index contributed by atoms with van der Waals surface area (Å²) in [6, 6.07) is 0.234. The molecule has 1 saturated heterocycles. The molecule has 0 bridgehead atoms. The molecule has 20 heavy (non-hydrogen) atoms. The topological polar surface area (TPSA) is 89.9 Å². The highest BCUT2D eigenvalue weighted by Crippen LogP contribution is 2.21. The van der Waals surface area contributed by atoms with Crippen LogP contribution in [0.1, 0.15) is 51.4 Å². The number of nitrogens with one attached hydrogen (secondary N) is 1. The van der Waals surface area contributed by atoms with Crippen molar-refractivity contribution in [3.63, 3.8) is 0 Å². The number of likely N-dealkylation sites (tertiary alicyclic amines) is 1. The number of rotatable bonds is 9. The van der Waals surface area contributed by atoms with Crippen LogP contribution in [-0.2, 0) is 4.79 Å². The van der Waals surface area contributed by atoms with E-state index in [-0.39, 0.29) is 25.1 Å². The molecule has 1 rings (SSSR count). The first-order valence-electron chi connectivity index (χ1n) is 7.52. The van der Waals surface area contributed by atoms with Gasteiger partial charge in [-0.25, -0.2) is 4.79 Å². The van der Waals surface area contributed by atoms with Gasteiger partial charge in [-0.05, 0) is 38.5 Å². The van der Waals surface area contributed by atoms with Gasteiger partial charge in [0.05, 0.1) is 0 Å². The molecule has 0 spiro atoms. The van der Waals surface area contributed by atoms with E-state index in [9.17, 15) is 9.59 Å². The van der Waals surface area contributed by atoms with Crippen molar-refractivity contribution >= 4 is 12.0 Å². The van der Waals surface area contributed by atoms with Gasteiger partial charge in [0, 0.05) is 32.2 Å². The van der Waals surface area contributed by atoms with Gasteiger partial charge in [-0.15, -0.1) is 0 Å².